The molecule has 0 atom stereocenters. The van der Waals surface area contributed by atoms with E-state index in [0.29, 0.717) is 21.4 Å². The number of amides is 1. The van der Waals surface area contributed by atoms with E-state index in [-0.39, 0.29) is 12.5 Å². The Hall–Kier alpha value is -2.49. The molecule has 0 radical (unpaired) electrons. The normalized spacial score (nSPS) is 14.8. The van der Waals surface area contributed by atoms with Gasteiger partial charge in [-0.1, -0.05) is 11.3 Å². The van der Waals surface area contributed by atoms with Crippen LogP contribution >= 0.6 is 11.3 Å². The summed E-state index contributed by atoms with van der Waals surface area (Å²) in [4.78, 5) is 21.0. The van der Waals surface area contributed by atoms with Crippen molar-refractivity contribution in [2.24, 2.45) is 4.99 Å². The smallest absolute Gasteiger partial charge is 0.296 e. The van der Waals surface area contributed by atoms with Crippen molar-refractivity contribution < 1.29 is 18.0 Å². The number of allylic oxidation sites excluding steroid dienone is 1. The SMILES string of the molecule is CCn1nc(C(F)(F)F)cc1-c1cnc(NC(=O)C2=C(C)CCC=N2)s1. The van der Waals surface area contributed by atoms with Crippen molar-refractivity contribution in [3.05, 3.63) is 29.2 Å². The number of anilines is 1. The number of aromatic nitrogens is 3. The predicted molar refractivity (Wildman–Crippen MR) is 93.1 cm³/mol. The molecule has 1 N–H and O–H groups in total. The van der Waals surface area contributed by atoms with Gasteiger partial charge in [0.25, 0.3) is 5.91 Å². The van der Waals surface area contributed by atoms with Crippen LogP contribution in [-0.4, -0.2) is 26.9 Å². The highest BCUT2D eigenvalue weighted by Gasteiger charge is 2.35. The van der Waals surface area contributed by atoms with Crippen LogP contribution in [0.3, 0.4) is 0 Å². The lowest BCUT2D eigenvalue weighted by molar-refractivity contribution is -0.141. The summed E-state index contributed by atoms with van der Waals surface area (Å²) in [6, 6.07) is 0.987. The fourth-order valence-electron chi connectivity index (χ4n) is 2.52. The second kappa shape index (κ2) is 7.02. The summed E-state index contributed by atoms with van der Waals surface area (Å²) >= 11 is 1.09. The molecule has 0 saturated carbocycles. The minimum atomic E-state index is -4.51. The third-order valence-electron chi connectivity index (χ3n) is 3.84. The van der Waals surface area contributed by atoms with E-state index in [1.165, 1.54) is 10.9 Å². The third-order valence-corrected chi connectivity index (χ3v) is 4.77. The summed E-state index contributed by atoms with van der Waals surface area (Å²) in [7, 11) is 0. The maximum Gasteiger partial charge on any atom is 0.435 e. The third kappa shape index (κ3) is 3.69. The molecule has 0 unspecified atom stereocenters. The second-order valence-corrected chi connectivity index (χ2v) is 6.72. The molecule has 1 aliphatic rings. The molecule has 6 nitrogen and oxygen atoms in total. The zero-order valence-corrected chi connectivity index (χ0v) is 14.9. The van der Waals surface area contributed by atoms with E-state index in [0.717, 1.165) is 35.8 Å². The lowest BCUT2D eigenvalue weighted by Crippen LogP contribution is -2.16. The Labute approximate surface area is 151 Å². The Kier molecular flexibility index (Phi) is 4.94. The van der Waals surface area contributed by atoms with Gasteiger partial charge in [-0.2, -0.15) is 18.3 Å². The van der Waals surface area contributed by atoms with Crippen molar-refractivity contribution in [1.82, 2.24) is 14.8 Å². The van der Waals surface area contributed by atoms with E-state index < -0.39 is 11.9 Å². The van der Waals surface area contributed by atoms with Crippen molar-refractivity contribution >= 4 is 28.6 Å². The first kappa shape index (κ1) is 18.3. The Balaban J connectivity index is 1.83. The number of hydrogen-bond donors (Lipinski definition) is 1. The van der Waals surface area contributed by atoms with Crippen LogP contribution in [0.15, 0.2) is 28.5 Å². The Morgan fingerprint density at radius 3 is 2.85 bits per heavy atom. The molecule has 138 valence electrons. The van der Waals surface area contributed by atoms with Gasteiger partial charge in [-0.15, -0.1) is 0 Å². The molecule has 3 heterocycles. The first-order valence-electron chi connectivity index (χ1n) is 7.94. The number of aliphatic imine (C=N–C) groups is 1. The molecule has 2 aromatic heterocycles. The Morgan fingerprint density at radius 1 is 1.42 bits per heavy atom. The summed E-state index contributed by atoms with van der Waals surface area (Å²) in [6.45, 7) is 3.83. The highest BCUT2D eigenvalue weighted by atomic mass is 32.1. The fourth-order valence-corrected chi connectivity index (χ4v) is 3.35. The molecule has 0 aromatic carbocycles. The van der Waals surface area contributed by atoms with Crippen molar-refractivity contribution in [3.63, 3.8) is 0 Å². The molecule has 0 fully saturated rings. The summed E-state index contributed by atoms with van der Waals surface area (Å²) in [5.41, 5.74) is 0.598. The molecule has 0 saturated heterocycles. The minimum absolute atomic E-state index is 0.284. The zero-order chi connectivity index (χ0) is 18.9. The number of alkyl halides is 3. The Morgan fingerprint density at radius 2 is 2.19 bits per heavy atom. The number of aryl methyl sites for hydroxylation is 1. The van der Waals surface area contributed by atoms with Gasteiger partial charge < -0.3 is 0 Å². The van der Waals surface area contributed by atoms with Gasteiger partial charge in [0.1, 0.15) is 5.70 Å². The molecule has 10 heteroatoms. The van der Waals surface area contributed by atoms with Crippen LogP contribution in [0.2, 0.25) is 0 Å². The van der Waals surface area contributed by atoms with Crippen molar-refractivity contribution in [2.75, 3.05) is 5.32 Å². The largest absolute Gasteiger partial charge is 0.435 e. The molecular weight excluding hydrogens is 367 g/mol. The topological polar surface area (TPSA) is 72.2 Å². The molecule has 3 rings (SSSR count). The van der Waals surface area contributed by atoms with Crippen LogP contribution < -0.4 is 5.32 Å². The first-order chi connectivity index (χ1) is 12.3. The first-order valence-corrected chi connectivity index (χ1v) is 8.76. The van der Waals surface area contributed by atoms with Crippen LogP contribution in [0.4, 0.5) is 18.3 Å². The summed E-state index contributed by atoms with van der Waals surface area (Å²) in [6.07, 6.45) is 0.167. The van der Waals surface area contributed by atoms with Crippen molar-refractivity contribution in [1.29, 1.82) is 0 Å². The molecule has 0 aliphatic carbocycles. The van der Waals surface area contributed by atoms with Gasteiger partial charge in [-0.05, 0) is 38.3 Å². The average molecular weight is 383 g/mol. The number of nitrogens with one attached hydrogen (secondary N) is 1. The maximum atomic E-state index is 12.9. The molecule has 2 aromatic rings. The Bertz CT molecular complexity index is 894. The van der Waals surface area contributed by atoms with E-state index in [2.05, 4.69) is 20.4 Å². The summed E-state index contributed by atoms with van der Waals surface area (Å²) < 4.78 is 39.9. The number of carbonyl (C=O) groups excluding carboxylic acids is 1. The number of halogens is 3. The quantitative estimate of drug-likeness (QED) is 0.863. The van der Waals surface area contributed by atoms with Crippen LogP contribution in [0.1, 0.15) is 32.4 Å². The highest BCUT2D eigenvalue weighted by molar-refractivity contribution is 7.19. The van der Waals surface area contributed by atoms with Crippen molar-refractivity contribution in [2.45, 2.75) is 39.4 Å². The van der Waals surface area contributed by atoms with E-state index in [9.17, 15) is 18.0 Å². The molecule has 1 aliphatic heterocycles. The van der Waals surface area contributed by atoms with E-state index in [1.807, 2.05) is 6.92 Å². The standard InChI is InChI=1S/C16H16F3N5OS/c1-3-24-10(7-12(23-24)16(17,18)19)11-8-21-15(26-11)22-14(25)13-9(2)5-4-6-20-13/h6-8H,3-5H2,1-2H3,(H,21,22,25). The van der Waals surface area contributed by atoms with Gasteiger partial charge in [-0.25, -0.2) is 4.98 Å². The van der Waals surface area contributed by atoms with Crippen LogP contribution in [0.5, 0.6) is 0 Å². The van der Waals surface area contributed by atoms with Crippen LogP contribution in [0, 0.1) is 0 Å². The van der Waals surface area contributed by atoms with Crippen molar-refractivity contribution in [3.8, 4) is 10.6 Å². The molecule has 26 heavy (non-hydrogen) atoms. The highest BCUT2D eigenvalue weighted by Crippen LogP contribution is 2.35. The molecular formula is C16H16F3N5OS. The number of carbonyl (C=O) groups is 1. The lowest BCUT2D eigenvalue weighted by Gasteiger charge is -2.10. The van der Waals surface area contributed by atoms with Gasteiger partial charge in [0.15, 0.2) is 10.8 Å². The molecule has 1 amide bonds. The fraction of sp³-hybridized carbons (Fsp3) is 0.375. The average Bonchev–Trinajstić information content (AvgIpc) is 3.20. The lowest BCUT2D eigenvalue weighted by atomic mass is 10.1. The minimum Gasteiger partial charge on any atom is -0.296 e. The number of thiazole rings is 1. The number of nitrogens with zero attached hydrogens (tertiary/aromatic N) is 4. The van der Waals surface area contributed by atoms with Gasteiger partial charge in [0.05, 0.1) is 10.6 Å². The summed E-state index contributed by atoms with van der Waals surface area (Å²) in [5, 5.41) is 6.53. The predicted octanol–water partition coefficient (Wildman–Crippen LogP) is 4.12. The van der Waals surface area contributed by atoms with Gasteiger partial charge in [-0.3, -0.25) is 19.8 Å². The monoisotopic (exact) mass is 383 g/mol. The van der Waals surface area contributed by atoms with Gasteiger partial charge in [0, 0.05) is 19.0 Å². The van der Waals surface area contributed by atoms with Crippen LogP contribution in [0.25, 0.3) is 10.6 Å². The molecule has 0 bridgehead atoms. The van der Waals surface area contributed by atoms with Gasteiger partial charge in [0.2, 0.25) is 0 Å². The number of hydrogen-bond acceptors (Lipinski definition) is 5. The second-order valence-electron chi connectivity index (χ2n) is 5.69. The van der Waals surface area contributed by atoms with Gasteiger partial charge >= 0.3 is 6.18 Å². The molecule has 0 spiro atoms. The van der Waals surface area contributed by atoms with Crippen LogP contribution in [-0.2, 0) is 17.5 Å². The summed E-state index contributed by atoms with van der Waals surface area (Å²) in [5.74, 6) is -0.376. The maximum absolute atomic E-state index is 12.9. The van der Waals surface area contributed by atoms with E-state index in [4.69, 9.17) is 0 Å². The van der Waals surface area contributed by atoms with E-state index in [1.54, 1.807) is 13.1 Å². The number of rotatable bonds is 4. The zero-order valence-electron chi connectivity index (χ0n) is 14.1. The van der Waals surface area contributed by atoms with E-state index >= 15 is 0 Å².